The van der Waals surface area contributed by atoms with Gasteiger partial charge in [0.15, 0.2) is 26.2 Å². The van der Waals surface area contributed by atoms with Gasteiger partial charge in [0.2, 0.25) is 0 Å². The zero-order chi connectivity index (χ0) is 23.7. The molecule has 1 aromatic heterocycles. The number of fused-ring (bicyclic) bond motifs is 1. The highest BCUT2D eigenvalue weighted by Gasteiger charge is 2.43. The van der Waals surface area contributed by atoms with Crippen LogP contribution in [0.3, 0.4) is 0 Å². The molecule has 0 fully saturated rings. The summed E-state index contributed by atoms with van der Waals surface area (Å²) in [4.78, 5) is 29.1. The summed E-state index contributed by atoms with van der Waals surface area (Å²) in [6.45, 7) is 1.05. The molecule has 1 atom stereocenters. The molecular weight excluding hydrogens is 441 g/mol. The Balaban J connectivity index is 1.94. The standard InChI is InChI=1S/C21H22FN3O6S/c1-21(20(27)24-28,32(3,29)30)8-9-25-12-23-17-11-14(4-6-15(17)19(25)26)13-5-7-18(31-2)16(22)10-13/h4-7,10-12,28H,8-9H2,1-3H3,(H,24,27)/t21-/m1/s1. The van der Waals surface area contributed by atoms with Crippen molar-refractivity contribution in [1.82, 2.24) is 15.0 Å². The van der Waals surface area contributed by atoms with Crippen LogP contribution in [0.2, 0.25) is 0 Å². The summed E-state index contributed by atoms with van der Waals surface area (Å²) in [5.74, 6) is -1.49. The lowest BCUT2D eigenvalue weighted by atomic mass is 10.0. The third kappa shape index (κ3) is 4.21. The lowest BCUT2D eigenvalue weighted by molar-refractivity contribution is -0.131. The molecule has 1 amide bonds. The van der Waals surface area contributed by atoms with Crippen molar-refractivity contribution >= 4 is 26.6 Å². The first-order valence-electron chi connectivity index (χ1n) is 9.49. The molecule has 0 aliphatic carbocycles. The summed E-state index contributed by atoms with van der Waals surface area (Å²) < 4.78 is 42.4. The normalized spacial score (nSPS) is 13.5. The predicted octanol–water partition coefficient (Wildman–Crippen LogP) is 1.91. The minimum absolute atomic E-state index is 0.117. The summed E-state index contributed by atoms with van der Waals surface area (Å²) in [5, 5.41) is 9.19. The molecule has 32 heavy (non-hydrogen) atoms. The molecule has 0 saturated heterocycles. The van der Waals surface area contributed by atoms with E-state index < -0.39 is 31.9 Å². The van der Waals surface area contributed by atoms with E-state index in [1.165, 1.54) is 42.5 Å². The van der Waals surface area contributed by atoms with E-state index in [1.807, 2.05) is 0 Å². The zero-order valence-corrected chi connectivity index (χ0v) is 18.4. The Bertz CT molecular complexity index is 1360. The number of carbonyl (C=O) groups excluding carboxylic acids is 1. The van der Waals surface area contributed by atoms with Gasteiger partial charge in [-0.15, -0.1) is 0 Å². The maximum absolute atomic E-state index is 14.0. The quantitative estimate of drug-likeness (QED) is 0.405. The van der Waals surface area contributed by atoms with Crippen LogP contribution in [0.25, 0.3) is 22.0 Å². The molecule has 9 nitrogen and oxygen atoms in total. The van der Waals surface area contributed by atoms with Crippen molar-refractivity contribution in [3.63, 3.8) is 0 Å². The number of halogens is 1. The van der Waals surface area contributed by atoms with Gasteiger partial charge in [0.05, 0.1) is 24.3 Å². The summed E-state index contributed by atoms with van der Waals surface area (Å²) in [7, 11) is -2.52. The van der Waals surface area contributed by atoms with Gasteiger partial charge in [-0.1, -0.05) is 12.1 Å². The number of nitrogens with zero attached hydrogens (tertiary/aromatic N) is 2. The van der Waals surface area contributed by atoms with Crippen LogP contribution in [-0.4, -0.2) is 47.2 Å². The second kappa shape index (κ2) is 8.67. The topological polar surface area (TPSA) is 128 Å². The average molecular weight is 463 g/mol. The van der Waals surface area contributed by atoms with Gasteiger partial charge in [-0.05, 0) is 48.7 Å². The molecule has 2 N–H and O–H groups in total. The van der Waals surface area contributed by atoms with Gasteiger partial charge in [-0.2, -0.15) is 0 Å². The monoisotopic (exact) mass is 463 g/mol. The first-order valence-corrected chi connectivity index (χ1v) is 11.4. The number of aromatic nitrogens is 2. The number of hydroxylamine groups is 1. The fourth-order valence-electron chi connectivity index (χ4n) is 3.26. The molecule has 0 bridgehead atoms. The molecule has 0 aliphatic rings. The molecule has 3 aromatic rings. The second-order valence-corrected chi connectivity index (χ2v) is 9.96. The Morgan fingerprint density at radius 3 is 2.50 bits per heavy atom. The summed E-state index contributed by atoms with van der Waals surface area (Å²) in [5.41, 5.74) is 2.54. The van der Waals surface area contributed by atoms with Crippen molar-refractivity contribution in [3.8, 4) is 16.9 Å². The van der Waals surface area contributed by atoms with Gasteiger partial charge < -0.3 is 4.74 Å². The van der Waals surface area contributed by atoms with Crippen LogP contribution in [0.4, 0.5) is 4.39 Å². The number of nitrogens with one attached hydrogen (secondary N) is 1. The molecule has 0 unspecified atom stereocenters. The molecule has 170 valence electrons. The van der Waals surface area contributed by atoms with E-state index in [-0.39, 0.29) is 24.1 Å². The number of hydrogen-bond donors (Lipinski definition) is 2. The number of amides is 1. The number of benzene rings is 2. The fourth-order valence-corrected chi connectivity index (χ4v) is 4.11. The SMILES string of the molecule is COc1ccc(-c2ccc3c(=O)n(CC[C@](C)(C(=O)NO)S(C)(=O)=O)cnc3c2)cc1F. The maximum atomic E-state index is 14.0. The van der Waals surface area contributed by atoms with E-state index in [9.17, 15) is 22.4 Å². The van der Waals surface area contributed by atoms with Crippen LogP contribution in [-0.2, 0) is 21.2 Å². The molecule has 0 saturated carbocycles. The average Bonchev–Trinajstić information content (AvgIpc) is 2.76. The van der Waals surface area contributed by atoms with Crippen LogP contribution >= 0.6 is 0 Å². The number of rotatable bonds is 7. The Hall–Kier alpha value is -3.31. The number of aryl methyl sites for hydroxylation is 1. The largest absolute Gasteiger partial charge is 0.494 e. The lowest BCUT2D eigenvalue weighted by Crippen LogP contribution is -2.50. The van der Waals surface area contributed by atoms with Gasteiger partial charge in [0.25, 0.3) is 11.5 Å². The summed E-state index contributed by atoms with van der Waals surface area (Å²) in [6.07, 6.45) is 1.88. The molecule has 1 heterocycles. The third-order valence-electron chi connectivity index (χ3n) is 5.54. The molecule has 11 heteroatoms. The van der Waals surface area contributed by atoms with E-state index >= 15 is 0 Å². The summed E-state index contributed by atoms with van der Waals surface area (Å²) in [6, 6.07) is 9.34. The van der Waals surface area contributed by atoms with Crippen molar-refractivity contribution in [2.24, 2.45) is 0 Å². The Morgan fingerprint density at radius 1 is 1.25 bits per heavy atom. The van der Waals surface area contributed by atoms with Crippen molar-refractivity contribution in [2.75, 3.05) is 13.4 Å². The Kier molecular flexibility index (Phi) is 6.33. The highest BCUT2D eigenvalue weighted by Crippen LogP contribution is 2.27. The molecular formula is C21H22FN3O6S. The van der Waals surface area contributed by atoms with Gasteiger partial charge in [0, 0.05) is 12.8 Å². The third-order valence-corrected chi connectivity index (χ3v) is 7.57. The first-order chi connectivity index (χ1) is 15.0. The molecule has 2 aromatic carbocycles. The predicted molar refractivity (Wildman–Crippen MR) is 116 cm³/mol. The van der Waals surface area contributed by atoms with Gasteiger partial charge in [0.1, 0.15) is 0 Å². The first kappa shape index (κ1) is 23.4. The van der Waals surface area contributed by atoms with Crippen LogP contribution in [0, 0.1) is 5.82 Å². The van der Waals surface area contributed by atoms with Crippen molar-refractivity contribution in [3.05, 3.63) is 58.9 Å². The van der Waals surface area contributed by atoms with Gasteiger partial charge in [-0.25, -0.2) is 23.3 Å². The number of carbonyl (C=O) groups is 1. The van der Waals surface area contributed by atoms with Crippen LogP contribution in [0.15, 0.2) is 47.5 Å². The van der Waals surface area contributed by atoms with Gasteiger partial charge >= 0.3 is 0 Å². The minimum atomic E-state index is -3.89. The maximum Gasteiger partial charge on any atom is 0.264 e. The summed E-state index contributed by atoms with van der Waals surface area (Å²) >= 11 is 0. The van der Waals surface area contributed by atoms with Crippen molar-refractivity contribution < 1.29 is 27.5 Å². The Labute approximate surface area is 183 Å². The number of hydrogen-bond acceptors (Lipinski definition) is 7. The van der Waals surface area contributed by atoms with Crippen LogP contribution in [0.1, 0.15) is 13.3 Å². The van der Waals surface area contributed by atoms with Crippen molar-refractivity contribution in [1.29, 1.82) is 0 Å². The van der Waals surface area contributed by atoms with Crippen LogP contribution < -0.4 is 15.8 Å². The Morgan fingerprint density at radius 2 is 1.91 bits per heavy atom. The molecule has 3 rings (SSSR count). The fraction of sp³-hybridized carbons (Fsp3) is 0.286. The number of sulfone groups is 1. The zero-order valence-electron chi connectivity index (χ0n) is 17.6. The lowest BCUT2D eigenvalue weighted by Gasteiger charge is -2.25. The second-order valence-electron chi connectivity index (χ2n) is 7.52. The number of methoxy groups -OCH3 is 1. The highest BCUT2D eigenvalue weighted by atomic mass is 32.2. The van der Waals surface area contributed by atoms with E-state index in [1.54, 1.807) is 24.3 Å². The molecule has 0 radical (unpaired) electrons. The van der Waals surface area contributed by atoms with Gasteiger partial charge in [-0.3, -0.25) is 19.4 Å². The smallest absolute Gasteiger partial charge is 0.264 e. The highest BCUT2D eigenvalue weighted by molar-refractivity contribution is 7.92. The van der Waals surface area contributed by atoms with E-state index in [0.29, 0.717) is 16.6 Å². The van der Waals surface area contributed by atoms with Crippen molar-refractivity contribution in [2.45, 2.75) is 24.6 Å². The minimum Gasteiger partial charge on any atom is -0.494 e. The van der Waals surface area contributed by atoms with E-state index in [4.69, 9.17) is 9.94 Å². The van der Waals surface area contributed by atoms with E-state index in [2.05, 4.69) is 4.98 Å². The molecule has 0 aliphatic heterocycles. The molecule has 0 spiro atoms. The van der Waals surface area contributed by atoms with E-state index in [0.717, 1.165) is 6.26 Å². The van der Waals surface area contributed by atoms with Crippen LogP contribution in [0.5, 0.6) is 5.75 Å². The number of ether oxygens (including phenoxy) is 1.